The van der Waals surface area contributed by atoms with Crippen molar-refractivity contribution in [2.75, 3.05) is 6.54 Å². The number of aryl methyl sites for hydroxylation is 1. The fourth-order valence-corrected chi connectivity index (χ4v) is 2.28. The Morgan fingerprint density at radius 2 is 2.24 bits per heavy atom. The van der Waals surface area contributed by atoms with Crippen molar-refractivity contribution in [2.45, 2.75) is 52.0 Å². The minimum absolute atomic E-state index is 0.503. The third-order valence-electron chi connectivity index (χ3n) is 3.50. The molecule has 1 aliphatic carbocycles. The van der Waals surface area contributed by atoms with Crippen molar-refractivity contribution in [1.82, 2.24) is 10.3 Å². The zero-order valence-corrected chi connectivity index (χ0v) is 11.1. The van der Waals surface area contributed by atoms with Crippen LogP contribution in [0.4, 0.5) is 0 Å². The van der Waals surface area contributed by atoms with Crippen molar-refractivity contribution in [2.24, 2.45) is 5.92 Å². The predicted molar refractivity (Wildman–Crippen MR) is 72.0 cm³/mol. The van der Waals surface area contributed by atoms with Crippen molar-refractivity contribution in [3.8, 4) is 0 Å². The Balaban J connectivity index is 1.96. The summed E-state index contributed by atoms with van der Waals surface area (Å²) in [6.45, 7) is 5.44. The summed E-state index contributed by atoms with van der Waals surface area (Å²) in [5.74, 6) is 1.01. The molecule has 0 amide bonds. The highest BCUT2D eigenvalue weighted by atomic mass is 14.9. The van der Waals surface area contributed by atoms with Gasteiger partial charge in [-0.1, -0.05) is 25.8 Å². The lowest BCUT2D eigenvalue weighted by atomic mass is 10.0. The highest BCUT2D eigenvalue weighted by molar-refractivity contribution is 5.20. The number of nitrogens with zero attached hydrogens (tertiary/aromatic N) is 1. The van der Waals surface area contributed by atoms with Crippen LogP contribution in [0.25, 0.3) is 0 Å². The van der Waals surface area contributed by atoms with Crippen LogP contribution < -0.4 is 5.32 Å². The van der Waals surface area contributed by atoms with Gasteiger partial charge in [0, 0.05) is 18.4 Å². The van der Waals surface area contributed by atoms with Crippen molar-refractivity contribution < 1.29 is 0 Å². The van der Waals surface area contributed by atoms with Gasteiger partial charge >= 0.3 is 0 Å². The third kappa shape index (κ3) is 4.12. The van der Waals surface area contributed by atoms with Crippen LogP contribution in [0.2, 0.25) is 0 Å². The van der Waals surface area contributed by atoms with Gasteiger partial charge in [0.05, 0.1) is 0 Å². The molecule has 1 atom stereocenters. The van der Waals surface area contributed by atoms with Crippen molar-refractivity contribution in [3.05, 3.63) is 29.6 Å². The van der Waals surface area contributed by atoms with Crippen LogP contribution in [-0.4, -0.2) is 11.5 Å². The first-order valence-electron chi connectivity index (χ1n) is 6.94. The van der Waals surface area contributed by atoms with E-state index < -0.39 is 0 Å². The quantitative estimate of drug-likeness (QED) is 0.776. The fourth-order valence-electron chi connectivity index (χ4n) is 2.28. The predicted octanol–water partition coefficient (Wildman–Crippen LogP) is 3.62. The van der Waals surface area contributed by atoms with E-state index in [4.69, 9.17) is 0 Å². The summed E-state index contributed by atoms with van der Waals surface area (Å²) in [5.41, 5.74) is 2.62. The highest BCUT2D eigenvalue weighted by Crippen LogP contribution is 2.35. The van der Waals surface area contributed by atoms with Crippen LogP contribution in [0.1, 0.15) is 56.2 Å². The topological polar surface area (TPSA) is 24.9 Å². The third-order valence-corrected chi connectivity index (χ3v) is 3.50. The summed E-state index contributed by atoms with van der Waals surface area (Å²) >= 11 is 0. The second-order valence-corrected chi connectivity index (χ2v) is 5.32. The van der Waals surface area contributed by atoms with Gasteiger partial charge in [0.25, 0.3) is 0 Å². The van der Waals surface area contributed by atoms with Crippen LogP contribution in [0.5, 0.6) is 0 Å². The molecule has 0 radical (unpaired) electrons. The zero-order valence-electron chi connectivity index (χ0n) is 11.1. The fraction of sp³-hybridized carbons (Fsp3) is 0.667. The summed E-state index contributed by atoms with van der Waals surface area (Å²) in [7, 11) is 0. The normalized spacial score (nSPS) is 17.1. The van der Waals surface area contributed by atoms with Gasteiger partial charge in [-0.3, -0.25) is 4.98 Å². The van der Waals surface area contributed by atoms with Crippen molar-refractivity contribution in [1.29, 1.82) is 0 Å². The van der Waals surface area contributed by atoms with Gasteiger partial charge in [0.15, 0.2) is 0 Å². The first kappa shape index (κ1) is 12.6. The number of pyridine rings is 1. The number of hydrogen-bond donors (Lipinski definition) is 1. The van der Waals surface area contributed by atoms with E-state index in [2.05, 4.69) is 30.2 Å². The maximum Gasteiger partial charge on any atom is 0.0335 e. The van der Waals surface area contributed by atoms with Crippen LogP contribution in [-0.2, 0) is 0 Å². The molecule has 1 fully saturated rings. The van der Waals surface area contributed by atoms with Crippen LogP contribution >= 0.6 is 0 Å². The van der Waals surface area contributed by atoms with Gasteiger partial charge in [0.1, 0.15) is 0 Å². The SMILES string of the molecule is CCCNC(CCC1CC1)c1cncc(C)c1. The molecule has 2 nitrogen and oxygen atoms in total. The van der Waals surface area contributed by atoms with Crippen molar-refractivity contribution in [3.63, 3.8) is 0 Å². The standard InChI is InChI=1S/C15H24N2/c1-3-8-17-15(7-6-13-4-5-13)14-9-12(2)10-16-11-14/h9-11,13,15,17H,3-8H2,1-2H3. The maximum atomic E-state index is 4.32. The molecule has 1 saturated carbocycles. The van der Waals surface area contributed by atoms with Gasteiger partial charge in [0.2, 0.25) is 0 Å². The smallest absolute Gasteiger partial charge is 0.0335 e. The number of hydrogen-bond acceptors (Lipinski definition) is 2. The molecule has 17 heavy (non-hydrogen) atoms. The van der Waals surface area contributed by atoms with E-state index in [0.717, 1.165) is 12.5 Å². The van der Waals surface area contributed by atoms with E-state index in [1.54, 1.807) is 0 Å². The van der Waals surface area contributed by atoms with E-state index in [1.165, 1.54) is 43.2 Å². The molecule has 1 aromatic heterocycles. The highest BCUT2D eigenvalue weighted by Gasteiger charge is 2.23. The molecule has 0 bridgehead atoms. The molecule has 1 heterocycles. The molecule has 0 aliphatic heterocycles. The van der Waals surface area contributed by atoms with Gasteiger partial charge in [-0.2, -0.15) is 0 Å². The van der Waals surface area contributed by atoms with E-state index in [1.807, 2.05) is 12.4 Å². The van der Waals surface area contributed by atoms with Gasteiger partial charge in [-0.05, 0) is 49.8 Å². The van der Waals surface area contributed by atoms with E-state index in [9.17, 15) is 0 Å². The average molecular weight is 232 g/mol. The minimum Gasteiger partial charge on any atom is -0.310 e. The lowest BCUT2D eigenvalue weighted by Crippen LogP contribution is -2.22. The van der Waals surface area contributed by atoms with E-state index in [-0.39, 0.29) is 0 Å². The first-order valence-corrected chi connectivity index (χ1v) is 6.94. The molecule has 0 spiro atoms. The maximum absolute atomic E-state index is 4.32. The first-order chi connectivity index (χ1) is 8.29. The van der Waals surface area contributed by atoms with Gasteiger partial charge in [-0.25, -0.2) is 0 Å². The Morgan fingerprint density at radius 1 is 1.41 bits per heavy atom. The van der Waals surface area contributed by atoms with Crippen molar-refractivity contribution >= 4 is 0 Å². The van der Waals surface area contributed by atoms with Crippen LogP contribution in [0, 0.1) is 12.8 Å². The molecule has 94 valence electrons. The van der Waals surface area contributed by atoms with Gasteiger partial charge < -0.3 is 5.32 Å². The lowest BCUT2D eigenvalue weighted by molar-refractivity contribution is 0.469. The lowest BCUT2D eigenvalue weighted by Gasteiger charge is -2.19. The minimum atomic E-state index is 0.503. The molecule has 2 heteroatoms. The number of nitrogens with one attached hydrogen (secondary N) is 1. The molecule has 1 aliphatic rings. The Labute approximate surface area is 105 Å². The van der Waals surface area contributed by atoms with E-state index in [0.29, 0.717) is 6.04 Å². The molecular formula is C15H24N2. The Morgan fingerprint density at radius 3 is 2.88 bits per heavy atom. The molecule has 1 N–H and O–H groups in total. The molecule has 2 rings (SSSR count). The van der Waals surface area contributed by atoms with E-state index >= 15 is 0 Å². The Hall–Kier alpha value is -0.890. The molecule has 1 aromatic rings. The van der Waals surface area contributed by atoms with Crippen LogP contribution in [0.3, 0.4) is 0 Å². The summed E-state index contributed by atoms with van der Waals surface area (Å²) < 4.78 is 0. The number of aromatic nitrogens is 1. The van der Waals surface area contributed by atoms with Crippen LogP contribution in [0.15, 0.2) is 18.5 Å². The average Bonchev–Trinajstić information content (AvgIpc) is 3.13. The van der Waals surface area contributed by atoms with Gasteiger partial charge in [-0.15, -0.1) is 0 Å². The second kappa shape index (κ2) is 6.15. The monoisotopic (exact) mass is 232 g/mol. The summed E-state index contributed by atoms with van der Waals surface area (Å²) in [5, 5.41) is 3.66. The zero-order chi connectivity index (χ0) is 12.1. The Bertz CT molecular complexity index is 345. The number of rotatable bonds is 7. The molecule has 1 unspecified atom stereocenters. The largest absolute Gasteiger partial charge is 0.310 e. The molecule has 0 saturated heterocycles. The summed E-state index contributed by atoms with van der Waals surface area (Å²) in [4.78, 5) is 4.32. The molecular weight excluding hydrogens is 208 g/mol. The molecule has 0 aromatic carbocycles. The summed E-state index contributed by atoms with van der Waals surface area (Å²) in [6, 6.07) is 2.77. The second-order valence-electron chi connectivity index (χ2n) is 5.32. The summed E-state index contributed by atoms with van der Waals surface area (Å²) in [6.07, 6.45) is 10.7. The Kier molecular flexibility index (Phi) is 4.55.